The molecule has 1 atom stereocenters. The molecule has 1 aromatic heterocycles. The average molecular weight is 218 g/mol. The van der Waals surface area contributed by atoms with Crippen molar-refractivity contribution in [3.8, 4) is 0 Å². The van der Waals surface area contributed by atoms with Crippen LogP contribution in [0.25, 0.3) is 10.9 Å². The molecule has 2 aromatic rings. The second-order valence-electron chi connectivity index (χ2n) is 4.25. The molecule has 0 spiro atoms. The number of rotatable bonds is 4. The number of aliphatic hydroxyl groups is 1. The average Bonchev–Trinajstić information content (AvgIpc) is 2.55. The first-order valence-electron chi connectivity index (χ1n) is 5.63. The van der Waals surface area contributed by atoms with Gasteiger partial charge in [0, 0.05) is 29.7 Å². The van der Waals surface area contributed by atoms with Crippen molar-refractivity contribution >= 4 is 10.9 Å². The Morgan fingerprint density at radius 3 is 2.88 bits per heavy atom. The number of hydrogen-bond donors (Lipinski definition) is 3. The van der Waals surface area contributed by atoms with E-state index in [1.165, 1.54) is 22.2 Å². The molecular formula is C13H18N2O. The van der Waals surface area contributed by atoms with Gasteiger partial charge in [-0.15, -0.1) is 0 Å². The normalized spacial score (nSPS) is 13.2. The molecule has 0 fully saturated rings. The molecule has 3 heteroatoms. The van der Waals surface area contributed by atoms with Crippen LogP contribution in [0.4, 0.5) is 0 Å². The molecule has 1 aromatic carbocycles. The number of para-hydroxylation sites is 1. The molecule has 0 bridgehead atoms. The first-order valence-corrected chi connectivity index (χ1v) is 5.63. The van der Waals surface area contributed by atoms with E-state index in [1.54, 1.807) is 6.92 Å². The Bertz CT molecular complexity index is 474. The molecule has 0 aliphatic carbocycles. The highest BCUT2D eigenvalue weighted by atomic mass is 16.3. The van der Waals surface area contributed by atoms with Crippen LogP contribution in [0.3, 0.4) is 0 Å². The van der Waals surface area contributed by atoms with Crippen molar-refractivity contribution in [1.82, 2.24) is 10.3 Å². The maximum atomic E-state index is 9.19. The molecule has 2 rings (SSSR count). The third-order valence-electron chi connectivity index (χ3n) is 2.77. The second kappa shape index (κ2) is 4.68. The van der Waals surface area contributed by atoms with Crippen molar-refractivity contribution in [2.24, 2.45) is 0 Å². The lowest BCUT2D eigenvalue weighted by Gasteiger charge is -2.06. The van der Waals surface area contributed by atoms with Crippen molar-refractivity contribution in [1.29, 1.82) is 0 Å². The van der Waals surface area contributed by atoms with E-state index >= 15 is 0 Å². The van der Waals surface area contributed by atoms with Gasteiger partial charge in [0.1, 0.15) is 0 Å². The maximum Gasteiger partial charge on any atom is 0.0636 e. The Morgan fingerprint density at radius 2 is 2.12 bits per heavy atom. The smallest absolute Gasteiger partial charge is 0.0636 e. The van der Waals surface area contributed by atoms with E-state index in [0.717, 1.165) is 6.54 Å². The Hall–Kier alpha value is -1.32. The minimum atomic E-state index is -0.300. The molecule has 0 aliphatic rings. The predicted octanol–water partition coefficient (Wildman–Crippen LogP) is 1.95. The molecule has 3 N–H and O–H groups in total. The number of hydrogen-bond acceptors (Lipinski definition) is 2. The van der Waals surface area contributed by atoms with Gasteiger partial charge >= 0.3 is 0 Å². The summed E-state index contributed by atoms with van der Waals surface area (Å²) < 4.78 is 0. The van der Waals surface area contributed by atoms with Gasteiger partial charge in [0.05, 0.1) is 6.10 Å². The van der Waals surface area contributed by atoms with Crippen LogP contribution in [-0.4, -0.2) is 22.7 Å². The summed E-state index contributed by atoms with van der Waals surface area (Å²) in [5.41, 5.74) is 3.66. The zero-order chi connectivity index (χ0) is 11.5. The molecule has 0 saturated carbocycles. The minimum Gasteiger partial charge on any atom is -0.392 e. The number of aryl methyl sites for hydroxylation is 1. The van der Waals surface area contributed by atoms with Crippen LogP contribution >= 0.6 is 0 Å². The fourth-order valence-electron chi connectivity index (χ4n) is 1.97. The van der Waals surface area contributed by atoms with Crippen LogP contribution in [0.15, 0.2) is 24.3 Å². The highest BCUT2D eigenvalue weighted by molar-refractivity contribution is 5.84. The topological polar surface area (TPSA) is 48.0 Å². The number of aromatic amines is 1. The number of H-pyrrole nitrogens is 1. The second-order valence-corrected chi connectivity index (χ2v) is 4.25. The summed E-state index contributed by atoms with van der Waals surface area (Å²) in [7, 11) is 0. The molecule has 1 unspecified atom stereocenters. The number of aromatic nitrogens is 1. The Kier molecular flexibility index (Phi) is 3.27. The molecule has 0 saturated heterocycles. The molecule has 86 valence electrons. The number of fused-ring (bicyclic) bond motifs is 1. The molecule has 0 amide bonds. The number of benzene rings is 1. The van der Waals surface area contributed by atoms with Gasteiger partial charge in [-0.3, -0.25) is 0 Å². The Labute approximate surface area is 95.5 Å². The first kappa shape index (κ1) is 11.2. The standard InChI is InChI=1S/C13H18N2O/c1-9(16)7-14-8-12-10(2)15-13-6-4-3-5-11(12)13/h3-6,9,14-16H,7-8H2,1-2H3. The van der Waals surface area contributed by atoms with Crippen LogP contribution in [-0.2, 0) is 6.54 Å². The van der Waals surface area contributed by atoms with Crippen molar-refractivity contribution in [2.75, 3.05) is 6.54 Å². The van der Waals surface area contributed by atoms with Gasteiger partial charge in [-0.05, 0) is 25.5 Å². The summed E-state index contributed by atoms with van der Waals surface area (Å²) in [6.07, 6.45) is -0.300. The van der Waals surface area contributed by atoms with E-state index in [4.69, 9.17) is 0 Å². The summed E-state index contributed by atoms with van der Waals surface area (Å²) >= 11 is 0. The lowest BCUT2D eigenvalue weighted by Crippen LogP contribution is -2.24. The van der Waals surface area contributed by atoms with Crippen LogP contribution < -0.4 is 5.32 Å². The Balaban J connectivity index is 2.19. The van der Waals surface area contributed by atoms with E-state index in [9.17, 15) is 5.11 Å². The molecule has 0 aliphatic heterocycles. The van der Waals surface area contributed by atoms with Gasteiger partial charge in [-0.2, -0.15) is 0 Å². The van der Waals surface area contributed by atoms with E-state index in [0.29, 0.717) is 6.54 Å². The van der Waals surface area contributed by atoms with E-state index in [2.05, 4.69) is 29.4 Å². The third-order valence-corrected chi connectivity index (χ3v) is 2.77. The van der Waals surface area contributed by atoms with E-state index < -0.39 is 0 Å². The number of aliphatic hydroxyl groups excluding tert-OH is 1. The monoisotopic (exact) mass is 218 g/mol. The largest absolute Gasteiger partial charge is 0.392 e. The summed E-state index contributed by atoms with van der Waals surface area (Å²) in [5, 5.41) is 13.7. The minimum absolute atomic E-state index is 0.300. The van der Waals surface area contributed by atoms with E-state index in [1.807, 2.05) is 12.1 Å². The fourth-order valence-corrected chi connectivity index (χ4v) is 1.97. The van der Waals surface area contributed by atoms with Gasteiger partial charge in [0.15, 0.2) is 0 Å². The van der Waals surface area contributed by atoms with Crippen molar-refractivity contribution in [2.45, 2.75) is 26.5 Å². The third kappa shape index (κ3) is 2.26. The van der Waals surface area contributed by atoms with E-state index in [-0.39, 0.29) is 6.10 Å². The predicted molar refractivity (Wildman–Crippen MR) is 66.4 cm³/mol. The molecule has 3 nitrogen and oxygen atoms in total. The zero-order valence-corrected chi connectivity index (χ0v) is 9.75. The Morgan fingerprint density at radius 1 is 1.38 bits per heavy atom. The summed E-state index contributed by atoms with van der Waals surface area (Å²) in [6.45, 7) is 5.29. The zero-order valence-electron chi connectivity index (χ0n) is 9.75. The first-order chi connectivity index (χ1) is 7.68. The lowest BCUT2D eigenvalue weighted by atomic mass is 10.1. The molecule has 16 heavy (non-hydrogen) atoms. The SMILES string of the molecule is Cc1[nH]c2ccccc2c1CNCC(C)O. The van der Waals surface area contributed by atoms with Gasteiger partial charge < -0.3 is 15.4 Å². The fraction of sp³-hybridized carbons (Fsp3) is 0.385. The summed E-state index contributed by atoms with van der Waals surface area (Å²) in [4.78, 5) is 3.36. The quantitative estimate of drug-likeness (QED) is 0.734. The van der Waals surface area contributed by atoms with Gasteiger partial charge in [-0.25, -0.2) is 0 Å². The number of nitrogens with one attached hydrogen (secondary N) is 2. The van der Waals surface area contributed by atoms with Gasteiger partial charge in [-0.1, -0.05) is 18.2 Å². The van der Waals surface area contributed by atoms with Gasteiger partial charge in [0.2, 0.25) is 0 Å². The molecule has 1 heterocycles. The van der Waals surface area contributed by atoms with Crippen LogP contribution in [0.5, 0.6) is 0 Å². The van der Waals surface area contributed by atoms with Crippen molar-refractivity contribution in [3.05, 3.63) is 35.5 Å². The van der Waals surface area contributed by atoms with Crippen molar-refractivity contribution < 1.29 is 5.11 Å². The lowest BCUT2D eigenvalue weighted by molar-refractivity contribution is 0.191. The molecule has 0 radical (unpaired) electrons. The molecular weight excluding hydrogens is 200 g/mol. The highest BCUT2D eigenvalue weighted by Gasteiger charge is 2.07. The highest BCUT2D eigenvalue weighted by Crippen LogP contribution is 2.21. The van der Waals surface area contributed by atoms with Gasteiger partial charge in [0.25, 0.3) is 0 Å². The van der Waals surface area contributed by atoms with Crippen LogP contribution in [0.1, 0.15) is 18.2 Å². The van der Waals surface area contributed by atoms with Crippen molar-refractivity contribution in [3.63, 3.8) is 0 Å². The summed E-state index contributed by atoms with van der Waals surface area (Å²) in [5.74, 6) is 0. The van der Waals surface area contributed by atoms with Crippen LogP contribution in [0, 0.1) is 6.92 Å². The maximum absolute atomic E-state index is 9.19. The van der Waals surface area contributed by atoms with Crippen LogP contribution in [0.2, 0.25) is 0 Å². The summed E-state index contributed by atoms with van der Waals surface area (Å²) in [6, 6.07) is 8.29.